The van der Waals surface area contributed by atoms with Crippen LogP contribution in [-0.4, -0.2) is 37.6 Å². The number of esters is 1. The Kier molecular flexibility index (Phi) is 16.0. The number of carbonyl (C=O) groups excluding carboxylic acids is 1. The van der Waals surface area contributed by atoms with Crippen LogP contribution in [0.1, 0.15) is 96.8 Å². The molecular formula is C25H45NO2. The van der Waals surface area contributed by atoms with E-state index in [-0.39, 0.29) is 5.97 Å². The zero-order chi connectivity index (χ0) is 20.3. The number of piperidine rings is 1. The molecule has 3 heteroatoms. The number of hydrogen-bond donors (Lipinski definition) is 0. The summed E-state index contributed by atoms with van der Waals surface area (Å²) >= 11 is 0. The van der Waals surface area contributed by atoms with Gasteiger partial charge in [0, 0.05) is 6.42 Å². The second-order valence-corrected chi connectivity index (χ2v) is 8.41. The molecule has 0 N–H and O–H groups in total. The van der Waals surface area contributed by atoms with E-state index in [4.69, 9.17) is 4.74 Å². The van der Waals surface area contributed by atoms with Gasteiger partial charge >= 0.3 is 5.97 Å². The number of rotatable bonds is 16. The smallest absolute Gasteiger partial charge is 0.305 e. The van der Waals surface area contributed by atoms with Gasteiger partial charge in [-0.05, 0) is 77.4 Å². The van der Waals surface area contributed by atoms with Gasteiger partial charge in [0.15, 0.2) is 0 Å². The normalized spacial score (nSPS) is 16.4. The minimum Gasteiger partial charge on any atom is -0.465 e. The number of carbonyl (C=O) groups is 1. The quantitative estimate of drug-likeness (QED) is 0.167. The highest BCUT2D eigenvalue weighted by atomic mass is 16.5. The minimum atomic E-state index is 0.00427. The van der Waals surface area contributed by atoms with E-state index in [2.05, 4.69) is 43.2 Å². The molecule has 0 aliphatic carbocycles. The summed E-state index contributed by atoms with van der Waals surface area (Å²) in [5.74, 6) is 0.578. The number of allylic oxidation sites excluding steroid dienone is 4. The van der Waals surface area contributed by atoms with E-state index in [9.17, 15) is 4.79 Å². The lowest BCUT2D eigenvalue weighted by molar-refractivity contribution is -0.145. The Labute approximate surface area is 174 Å². The predicted molar refractivity (Wildman–Crippen MR) is 121 cm³/mol. The molecular weight excluding hydrogens is 346 g/mol. The van der Waals surface area contributed by atoms with Crippen molar-refractivity contribution in [3.63, 3.8) is 0 Å². The summed E-state index contributed by atoms with van der Waals surface area (Å²) in [6, 6.07) is 0. The second-order valence-electron chi connectivity index (χ2n) is 8.41. The van der Waals surface area contributed by atoms with Crippen molar-refractivity contribution < 1.29 is 9.53 Å². The Balaban J connectivity index is 1.83. The molecule has 0 bridgehead atoms. The topological polar surface area (TPSA) is 29.5 Å². The second kappa shape index (κ2) is 18.0. The van der Waals surface area contributed by atoms with Crippen molar-refractivity contribution in [1.29, 1.82) is 0 Å². The highest BCUT2D eigenvalue weighted by molar-refractivity contribution is 5.69. The fraction of sp³-hybridized carbons (Fsp3) is 0.800. The van der Waals surface area contributed by atoms with Crippen LogP contribution in [0.15, 0.2) is 24.3 Å². The molecule has 0 atom stereocenters. The third kappa shape index (κ3) is 14.9. The first-order chi connectivity index (χ1) is 13.7. The van der Waals surface area contributed by atoms with Crippen LogP contribution in [0, 0.1) is 5.92 Å². The van der Waals surface area contributed by atoms with Gasteiger partial charge < -0.3 is 9.64 Å². The van der Waals surface area contributed by atoms with Gasteiger partial charge in [-0.15, -0.1) is 0 Å². The van der Waals surface area contributed by atoms with Crippen LogP contribution >= 0.6 is 0 Å². The molecule has 0 amide bonds. The van der Waals surface area contributed by atoms with Crippen molar-refractivity contribution in [3.05, 3.63) is 24.3 Å². The van der Waals surface area contributed by atoms with E-state index in [1.54, 1.807) is 0 Å². The van der Waals surface area contributed by atoms with Gasteiger partial charge in [0.1, 0.15) is 0 Å². The van der Waals surface area contributed by atoms with Crippen molar-refractivity contribution in [2.24, 2.45) is 5.92 Å². The Morgan fingerprint density at radius 2 is 1.50 bits per heavy atom. The van der Waals surface area contributed by atoms with E-state index >= 15 is 0 Å². The number of nitrogens with zero attached hydrogens (tertiary/aromatic N) is 1. The summed E-state index contributed by atoms with van der Waals surface area (Å²) < 4.78 is 5.46. The van der Waals surface area contributed by atoms with Crippen LogP contribution < -0.4 is 0 Å². The summed E-state index contributed by atoms with van der Waals surface area (Å²) in [7, 11) is 2.16. The average Bonchev–Trinajstić information content (AvgIpc) is 2.70. The SMILES string of the molecule is CCCCCC=CCC=CCCCCCCCC(=O)OCC1CCN(C)CC1. The summed E-state index contributed by atoms with van der Waals surface area (Å²) in [6.45, 7) is 5.14. The number of hydrogen-bond acceptors (Lipinski definition) is 3. The van der Waals surface area contributed by atoms with Gasteiger partial charge in [-0.25, -0.2) is 0 Å². The van der Waals surface area contributed by atoms with Crippen molar-refractivity contribution in [2.45, 2.75) is 96.8 Å². The summed E-state index contributed by atoms with van der Waals surface area (Å²) in [6.07, 6.45) is 25.5. The van der Waals surface area contributed by atoms with Crippen LogP contribution in [0.25, 0.3) is 0 Å². The molecule has 0 aromatic carbocycles. The summed E-state index contributed by atoms with van der Waals surface area (Å²) in [5.41, 5.74) is 0. The van der Waals surface area contributed by atoms with Gasteiger partial charge in [0.25, 0.3) is 0 Å². The van der Waals surface area contributed by atoms with Crippen molar-refractivity contribution in [3.8, 4) is 0 Å². The molecule has 0 saturated carbocycles. The first-order valence-corrected chi connectivity index (χ1v) is 11.9. The molecule has 1 aliphatic rings. The maximum absolute atomic E-state index is 11.8. The van der Waals surface area contributed by atoms with E-state index in [1.807, 2.05) is 0 Å². The largest absolute Gasteiger partial charge is 0.465 e. The molecule has 1 heterocycles. The van der Waals surface area contributed by atoms with Gasteiger partial charge in [-0.2, -0.15) is 0 Å². The molecule has 0 unspecified atom stereocenters. The number of unbranched alkanes of at least 4 members (excludes halogenated alkanes) is 8. The molecule has 28 heavy (non-hydrogen) atoms. The van der Waals surface area contributed by atoms with E-state index < -0.39 is 0 Å². The lowest BCUT2D eigenvalue weighted by atomic mass is 9.98. The van der Waals surface area contributed by atoms with E-state index in [0.29, 0.717) is 18.9 Å². The lowest BCUT2D eigenvalue weighted by Gasteiger charge is -2.28. The molecule has 1 aliphatic heterocycles. The molecule has 1 rings (SSSR count). The van der Waals surface area contributed by atoms with Crippen molar-refractivity contribution in [1.82, 2.24) is 4.90 Å². The van der Waals surface area contributed by atoms with E-state index in [1.165, 1.54) is 51.4 Å². The Morgan fingerprint density at radius 3 is 2.18 bits per heavy atom. The molecule has 0 radical (unpaired) electrons. The van der Waals surface area contributed by atoms with Crippen LogP contribution in [0.3, 0.4) is 0 Å². The molecule has 0 spiro atoms. The number of likely N-dealkylation sites (tertiary alicyclic amines) is 1. The minimum absolute atomic E-state index is 0.00427. The first kappa shape index (κ1) is 24.9. The molecule has 3 nitrogen and oxygen atoms in total. The zero-order valence-electron chi connectivity index (χ0n) is 18.7. The van der Waals surface area contributed by atoms with Crippen LogP contribution in [0.5, 0.6) is 0 Å². The molecule has 162 valence electrons. The average molecular weight is 392 g/mol. The van der Waals surface area contributed by atoms with Crippen LogP contribution in [0.4, 0.5) is 0 Å². The Morgan fingerprint density at radius 1 is 0.893 bits per heavy atom. The molecule has 1 fully saturated rings. The van der Waals surface area contributed by atoms with Gasteiger partial charge in [0.05, 0.1) is 6.61 Å². The third-order valence-corrected chi connectivity index (χ3v) is 5.65. The molecule has 0 aromatic rings. The Bertz CT molecular complexity index is 422. The highest BCUT2D eigenvalue weighted by Crippen LogP contribution is 2.16. The summed E-state index contributed by atoms with van der Waals surface area (Å²) in [4.78, 5) is 14.2. The molecule has 0 aromatic heterocycles. The summed E-state index contributed by atoms with van der Waals surface area (Å²) in [5, 5.41) is 0. The van der Waals surface area contributed by atoms with Gasteiger partial charge in [0.2, 0.25) is 0 Å². The van der Waals surface area contributed by atoms with Gasteiger partial charge in [-0.3, -0.25) is 4.79 Å². The zero-order valence-corrected chi connectivity index (χ0v) is 18.7. The van der Waals surface area contributed by atoms with E-state index in [0.717, 1.165) is 45.2 Å². The fourth-order valence-electron chi connectivity index (χ4n) is 3.59. The van der Waals surface area contributed by atoms with Crippen LogP contribution in [0.2, 0.25) is 0 Å². The van der Waals surface area contributed by atoms with Crippen molar-refractivity contribution >= 4 is 5.97 Å². The standard InChI is InChI=1S/C25H45NO2/c1-3-4-5-6-7-8-9-10-11-12-13-14-15-16-17-18-25(27)28-23-24-19-21-26(2)22-20-24/h7-8,10-11,24H,3-6,9,12-23H2,1-2H3. The maximum atomic E-state index is 11.8. The van der Waals surface area contributed by atoms with Crippen molar-refractivity contribution in [2.75, 3.05) is 26.7 Å². The highest BCUT2D eigenvalue weighted by Gasteiger charge is 2.18. The van der Waals surface area contributed by atoms with Crippen LogP contribution in [-0.2, 0) is 9.53 Å². The fourth-order valence-corrected chi connectivity index (χ4v) is 3.59. The van der Waals surface area contributed by atoms with Gasteiger partial charge in [-0.1, -0.05) is 63.3 Å². The number of ether oxygens (including phenoxy) is 1. The molecule has 1 saturated heterocycles. The monoisotopic (exact) mass is 391 g/mol. The maximum Gasteiger partial charge on any atom is 0.305 e. The first-order valence-electron chi connectivity index (χ1n) is 11.9. The lowest BCUT2D eigenvalue weighted by Crippen LogP contribution is -2.32. The Hall–Kier alpha value is -1.09. The predicted octanol–water partition coefficient (Wildman–Crippen LogP) is 6.68. The third-order valence-electron chi connectivity index (χ3n) is 5.65.